The van der Waals surface area contributed by atoms with E-state index in [2.05, 4.69) is 33.4 Å². The minimum Gasteiger partial charge on any atom is -0.348 e. The van der Waals surface area contributed by atoms with E-state index < -0.39 is 0 Å². The van der Waals surface area contributed by atoms with Gasteiger partial charge in [0.25, 0.3) is 0 Å². The average molecular weight is 344 g/mol. The highest BCUT2D eigenvalue weighted by atomic mass is 79.9. The first-order valence-electron chi connectivity index (χ1n) is 7.24. The zero-order valence-corrected chi connectivity index (χ0v) is 13.3. The highest BCUT2D eigenvalue weighted by Crippen LogP contribution is 2.48. The summed E-state index contributed by atoms with van der Waals surface area (Å²) in [5, 5.41) is 3.91. The second-order valence-electron chi connectivity index (χ2n) is 5.54. The van der Waals surface area contributed by atoms with Crippen LogP contribution in [0.3, 0.4) is 0 Å². The Morgan fingerprint density at radius 2 is 1.62 bits per heavy atom. The number of benzene rings is 2. The molecule has 2 nitrogen and oxygen atoms in total. The Bertz CT molecular complexity index is 608. The number of alkyl halides is 1. The fraction of sp³-hybridized carbons (Fsp3) is 0.278. The fourth-order valence-electron chi connectivity index (χ4n) is 2.72. The zero-order valence-electron chi connectivity index (χ0n) is 11.8. The van der Waals surface area contributed by atoms with E-state index >= 15 is 0 Å². The first kappa shape index (κ1) is 14.3. The summed E-state index contributed by atoms with van der Waals surface area (Å²) in [5.74, 6) is 0.141. The summed E-state index contributed by atoms with van der Waals surface area (Å²) in [7, 11) is 0. The molecule has 0 saturated heterocycles. The van der Waals surface area contributed by atoms with E-state index in [0.717, 1.165) is 24.0 Å². The Morgan fingerprint density at radius 3 is 2.14 bits per heavy atom. The molecular formula is C18H18BrNO. The molecule has 21 heavy (non-hydrogen) atoms. The quantitative estimate of drug-likeness (QED) is 0.817. The lowest BCUT2D eigenvalue weighted by atomic mass is 9.94. The summed E-state index contributed by atoms with van der Waals surface area (Å²) >= 11 is 3.51. The van der Waals surface area contributed by atoms with Gasteiger partial charge in [0, 0.05) is 5.33 Å². The number of carbonyl (C=O) groups excluding carboxylic acids is 1. The third-order valence-electron chi connectivity index (χ3n) is 4.17. The molecule has 108 valence electrons. The van der Waals surface area contributed by atoms with Crippen LogP contribution in [0.15, 0.2) is 60.7 Å². The van der Waals surface area contributed by atoms with Crippen molar-refractivity contribution in [3.05, 3.63) is 71.8 Å². The molecule has 0 bridgehead atoms. The lowest BCUT2D eigenvalue weighted by Crippen LogP contribution is -2.38. The summed E-state index contributed by atoms with van der Waals surface area (Å²) < 4.78 is 0. The van der Waals surface area contributed by atoms with Crippen LogP contribution in [0, 0.1) is 0 Å². The van der Waals surface area contributed by atoms with Crippen molar-refractivity contribution >= 4 is 21.8 Å². The Balaban J connectivity index is 1.77. The van der Waals surface area contributed by atoms with Crippen LogP contribution in [0.5, 0.6) is 0 Å². The Hall–Kier alpha value is -1.61. The van der Waals surface area contributed by atoms with Gasteiger partial charge in [0.2, 0.25) is 5.91 Å². The van der Waals surface area contributed by atoms with Gasteiger partial charge in [-0.1, -0.05) is 76.6 Å². The predicted molar refractivity (Wildman–Crippen MR) is 88.5 cm³/mol. The lowest BCUT2D eigenvalue weighted by molar-refractivity contribution is -0.124. The van der Waals surface area contributed by atoms with Crippen molar-refractivity contribution in [1.82, 2.24) is 5.32 Å². The Morgan fingerprint density at radius 1 is 1.05 bits per heavy atom. The molecule has 3 rings (SSSR count). The highest BCUT2D eigenvalue weighted by molar-refractivity contribution is 9.09. The van der Waals surface area contributed by atoms with E-state index in [1.54, 1.807) is 0 Å². The third-order valence-corrected chi connectivity index (χ3v) is 4.82. The number of hydrogen-bond acceptors (Lipinski definition) is 1. The number of nitrogens with one attached hydrogen (secondary N) is 1. The highest BCUT2D eigenvalue weighted by Gasteiger charge is 2.51. The molecule has 0 spiro atoms. The first-order valence-corrected chi connectivity index (χ1v) is 8.36. The minimum atomic E-state index is -0.309. The van der Waals surface area contributed by atoms with Crippen molar-refractivity contribution in [3.8, 4) is 0 Å². The number of carbonyl (C=O) groups is 1. The van der Waals surface area contributed by atoms with Crippen LogP contribution in [-0.2, 0) is 10.2 Å². The van der Waals surface area contributed by atoms with Gasteiger partial charge in [-0.3, -0.25) is 4.79 Å². The maximum absolute atomic E-state index is 12.7. The lowest BCUT2D eigenvalue weighted by Gasteiger charge is -2.21. The fourth-order valence-corrected chi connectivity index (χ4v) is 3.26. The van der Waals surface area contributed by atoms with Crippen molar-refractivity contribution in [2.45, 2.75) is 24.3 Å². The molecule has 3 heteroatoms. The van der Waals surface area contributed by atoms with E-state index in [-0.39, 0.29) is 17.4 Å². The molecule has 0 heterocycles. The van der Waals surface area contributed by atoms with Gasteiger partial charge in [-0.25, -0.2) is 0 Å². The molecule has 0 radical (unpaired) electrons. The van der Waals surface area contributed by atoms with Gasteiger partial charge in [0.05, 0.1) is 11.5 Å². The molecule has 1 atom stereocenters. The molecule has 1 aliphatic rings. The summed E-state index contributed by atoms with van der Waals surface area (Å²) in [4.78, 5) is 12.7. The second-order valence-corrected chi connectivity index (χ2v) is 6.19. The van der Waals surface area contributed by atoms with Crippen molar-refractivity contribution in [2.75, 3.05) is 5.33 Å². The van der Waals surface area contributed by atoms with Crippen LogP contribution in [0.2, 0.25) is 0 Å². The number of amides is 1. The molecule has 1 amide bonds. The molecule has 2 aromatic carbocycles. The van der Waals surface area contributed by atoms with E-state index in [1.807, 2.05) is 48.5 Å². The van der Waals surface area contributed by atoms with Gasteiger partial charge in [0.15, 0.2) is 0 Å². The maximum atomic E-state index is 12.7. The van der Waals surface area contributed by atoms with Crippen molar-refractivity contribution in [2.24, 2.45) is 0 Å². The second kappa shape index (κ2) is 6.02. The molecule has 1 unspecified atom stereocenters. The van der Waals surface area contributed by atoms with Crippen LogP contribution in [0.25, 0.3) is 0 Å². The molecule has 1 N–H and O–H groups in total. The average Bonchev–Trinajstić information content (AvgIpc) is 3.36. The van der Waals surface area contributed by atoms with Gasteiger partial charge in [0.1, 0.15) is 0 Å². The van der Waals surface area contributed by atoms with E-state index in [1.165, 1.54) is 0 Å². The maximum Gasteiger partial charge on any atom is 0.231 e. The van der Waals surface area contributed by atoms with Gasteiger partial charge in [-0.05, 0) is 24.0 Å². The zero-order chi connectivity index (χ0) is 14.7. The van der Waals surface area contributed by atoms with Crippen molar-refractivity contribution in [3.63, 3.8) is 0 Å². The summed E-state index contributed by atoms with van der Waals surface area (Å²) in [6, 6.07) is 20.2. The molecule has 1 aliphatic carbocycles. The molecular weight excluding hydrogens is 326 g/mol. The third kappa shape index (κ3) is 2.88. The van der Waals surface area contributed by atoms with Crippen LogP contribution in [0.4, 0.5) is 0 Å². The summed E-state index contributed by atoms with van der Waals surface area (Å²) in [6.45, 7) is 0. The Labute approximate surface area is 133 Å². The predicted octanol–water partition coefficient (Wildman–Crippen LogP) is 3.97. The number of halogens is 1. The monoisotopic (exact) mass is 343 g/mol. The van der Waals surface area contributed by atoms with Crippen LogP contribution < -0.4 is 5.32 Å². The topological polar surface area (TPSA) is 29.1 Å². The summed E-state index contributed by atoms with van der Waals surface area (Å²) in [5.41, 5.74) is 1.95. The minimum absolute atomic E-state index is 0.0138. The van der Waals surface area contributed by atoms with E-state index in [9.17, 15) is 4.79 Å². The van der Waals surface area contributed by atoms with Gasteiger partial charge >= 0.3 is 0 Å². The van der Waals surface area contributed by atoms with Gasteiger partial charge in [-0.2, -0.15) is 0 Å². The first-order chi connectivity index (χ1) is 10.3. The Kier molecular flexibility index (Phi) is 4.11. The van der Waals surface area contributed by atoms with Crippen LogP contribution in [-0.4, -0.2) is 11.2 Å². The number of rotatable bonds is 5. The van der Waals surface area contributed by atoms with Gasteiger partial charge in [-0.15, -0.1) is 0 Å². The standard InChI is InChI=1S/C18H18BrNO/c19-13-16(14-7-3-1-4-8-14)20-17(21)18(11-12-18)15-9-5-2-6-10-15/h1-10,16H,11-13H2,(H,20,21). The number of hydrogen-bond donors (Lipinski definition) is 1. The molecule has 1 fully saturated rings. The largest absolute Gasteiger partial charge is 0.348 e. The summed E-state index contributed by atoms with van der Waals surface area (Å²) in [6.07, 6.45) is 1.87. The van der Waals surface area contributed by atoms with Crippen LogP contribution in [0.1, 0.15) is 30.0 Å². The van der Waals surface area contributed by atoms with E-state index in [4.69, 9.17) is 0 Å². The molecule has 0 aliphatic heterocycles. The molecule has 0 aromatic heterocycles. The van der Waals surface area contributed by atoms with Gasteiger partial charge < -0.3 is 5.32 Å². The molecule has 2 aromatic rings. The van der Waals surface area contributed by atoms with Crippen molar-refractivity contribution < 1.29 is 4.79 Å². The SMILES string of the molecule is O=C(NC(CBr)c1ccccc1)C1(c2ccccc2)CC1. The van der Waals surface area contributed by atoms with Crippen LogP contribution >= 0.6 is 15.9 Å². The van der Waals surface area contributed by atoms with E-state index in [0.29, 0.717) is 5.33 Å². The normalized spacial score (nSPS) is 17.0. The van der Waals surface area contributed by atoms with Crippen molar-refractivity contribution in [1.29, 1.82) is 0 Å². The smallest absolute Gasteiger partial charge is 0.231 e. The molecule has 1 saturated carbocycles.